The van der Waals surface area contributed by atoms with Crippen LogP contribution in [0.2, 0.25) is 0 Å². The van der Waals surface area contributed by atoms with E-state index in [0.29, 0.717) is 17.1 Å². The molecule has 1 fully saturated rings. The number of furan rings is 1. The lowest BCUT2D eigenvalue weighted by atomic mass is 9.94. The van der Waals surface area contributed by atoms with E-state index >= 15 is 0 Å². The number of ether oxygens (including phenoxy) is 2. The van der Waals surface area contributed by atoms with Crippen molar-refractivity contribution < 1.29 is 27.9 Å². The Labute approximate surface area is 210 Å². The second-order valence-electron chi connectivity index (χ2n) is 8.86. The zero-order valence-corrected chi connectivity index (χ0v) is 20.5. The summed E-state index contributed by atoms with van der Waals surface area (Å²) in [6.07, 6.45) is 6.37. The third-order valence-corrected chi connectivity index (χ3v) is 6.53. The molecular weight excluding hydrogens is 463 g/mol. The number of amides is 2. The van der Waals surface area contributed by atoms with Crippen molar-refractivity contribution in [1.82, 2.24) is 10.2 Å². The molecule has 8 heteroatoms. The Balaban J connectivity index is 1.79. The normalized spacial score (nSPS) is 14.6. The third kappa shape index (κ3) is 5.70. The number of benzene rings is 2. The zero-order valence-electron chi connectivity index (χ0n) is 20.5. The van der Waals surface area contributed by atoms with Crippen molar-refractivity contribution in [2.75, 3.05) is 14.2 Å². The van der Waals surface area contributed by atoms with Crippen LogP contribution < -0.4 is 14.8 Å². The Bertz CT molecular complexity index is 1170. The van der Waals surface area contributed by atoms with Gasteiger partial charge in [0.05, 0.1) is 27.0 Å². The Kier molecular flexibility index (Phi) is 8.25. The van der Waals surface area contributed by atoms with E-state index in [1.807, 2.05) is 0 Å². The largest absolute Gasteiger partial charge is 0.493 e. The molecule has 1 atom stereocenters. The summed E-state index contributed by atoms with van der Waals surface area (Å²) in [7, 11) is 3.03. The van der Waals surface area contributed by atoms with Gasteiger partial charge in [0.15, 0.2) is 17.3 Å². The predicted octanol–water partition coefficient (Wildman–Crippen LogP) is 5.27. The molecule has 7 nitrogen and oxygen atoms in total. The van der Waals surface area contributed by atoms with E-state index < -0.39 is 17.8 Å². The van der Waals surface area contributed by atoms with Crippen molar-refractivity contribution in [3.05, 3.63) is 83.6 Å². The smallest absolute Gasteiger partial charge is 0.290 e. The van der Waals surface area contributed by atoms with Gasteiger partial charge in [-0.1, -0.05) is 43.5 Å². The van der Waals surface area contributed by atoms with Gasteiger partial charge in [0.25, 0.3) is 5.91 Å². The fourth-order valence-electron chi connectivity index (χ4n) is 4.66. The maximum absolute atomic E-state index is 14.7. The predicted molar refractivity (Wildman–Crippen MR) is 132 cm³/mol. The van der Waals surface area contributed by atoms with Crippen LogP contribution in [-0.2, 0) is 11.3 Å². The van der Waals surface area contributed by atoms with Gasteiger partial charge in [-0.25, -0.2) is 4.39 Å². The molecule has 36 heavy (non-hydrogen) atoms. The molecule has 1 aliphatic rings. The third-order valence-electron chi connectivity index (χ3n) is 6.53. The number of halogens is 1. The minimum absolute atomic E-state index is 0.0166. The first-order valence-corrected chi connectivity index (χ1v) is 12.1. The first-order valence-electron chi connectivity index (χ1n) is 12.1. The van der Waals surface area contributed by atoms with Gasteiger partial charge in [-0.15, -0.1) is 0 Å². The minimum atomic E-state index is -1.07. The highest BCUT2D eigenvalue weighted by Crippen LogP contribution is 2.34. The monoisotopic (exact) mass is 494 g/mol. The summed E-state index contributed by atoms with van der Waals surface area (Å²) in [5, 5.41) is 3.14. The Morgan fingerprint density at radius 3 is 2.44 bits per heavy atom. The molecule has 0 saturated heterocycles. The summed E-state index contributed by atoms with van der Waals surface area (Å²) < 4.78 is 30.9. The molecule has 190 valence electrons. The number of hydrogen-bond acceptors (Lipinski definition) is 5. The number of carbonyl (C=O) groups excluding carboxylic acids is 2. The van der Waals surface area contributed by atoms with E-state index in [-0.39, 0.29) is 29.8 Å². The number of rotatable bonds is 9. The summed E-state index contributed by atoms with van der Waals surface area (Å²) in [5.41, 5.74) is 0.797. The maximum Gasteiger partial charge on any atom is 0.290 e. The molecular formula is C28H31FN2O5. The number of nitrogens with zero attached hydrogens (tertiary/aromatic N) is 1. The highest BCUT2D eigenvalue weighted by molar-refractivity contribution is 5.96. The summed E-state index contributed by atoms with van der Waals surface area (Å²) in [5.74, 6) is -0.365. The second-order valence-corrected chi connectivity index (χ2v) is 8.86. The first kappa shape index (κ1) is 25.3. The zero-order chi connectivity index (χ0) is 25.5. The van der Waals surface area contributed by atoms with Gasteiger partial charge in [0, 0.05) is 11.6 Å². The van der Waals surface area contributed by atoms with Crippen LogP contribution in [0.3, 0.4) is 0 Å². The van der Waals surface area contributed by atoms with Crippen LogP contribution in [0.15, 0.2) is 65.3 Å². The molecule has 1 aliphatic carbocycles. The van der Waals surface area contributed by atoms with Gasteiger partial charge < -0.3 is 24.1 Å². The van der Waals surface area contributed by atoms with Gasteiger partial charge in [0.2, 0.25) is 5.91 Å². The van der Waals surface area contributed by atoms with E-state index in [1.54, 1.807) is 42.5 Å². The lowest BCUT2D eigenvalue weighted by Crippen LogP contribution is -2.47. The fourth-order valence-corrected chi connectivity index (χ4v) is 4.66. The topological polar surface area (TPSA) is 81.0 Å². The molecule has 0 spiro atoms. The van der Waals surface area contributed by atoms with Crippen LogP contribution in [-0.4, -0.2) is 37.0 Å². The molecule has 4 rings (SSSR count). The second kappa shape index (κ2) is 11.7. The lowest BCUT2D eigenvalue weighted by Gasteiger charge is -2.33. The van der Waals surface area contributed by atoms with Crippen LogP contribution >= 0.6 is 0 Å². The number of carbonyl (C=O) groups is 2. The molecule has 2 amide bonds. The van der Waals surface area contributed by atoms with E-state index in [0.717, 1.165) is 32.1 Å². The molecule has 0 bridgehead atoms. The molecule has 0 radical (unpaired) electrons. The van der Waals surface area contributed by atoms with Crippen LogP contribution in [0, 0.1) is 5.82 Å². The van der Waals surface area contributed by atoms with E-state index in [4.69, 9.17) is 13.9 Å². The molecule has 1 saturated carbocycles. The van der Waals surface area contributed by atoms with Crippen molar-refractivity contribution >= 4 is 11.8 Å². The molecule has 1 aromatic heterocycles. The molecule has 0 aliphatic heterocycles. The Hall–Kier alpha value is -3.81. The van der Waals surface area contributed by atoms with Gasteiger partial charge in [0.1, 0.15) is 11.9 Å². The van der Waals surface area contributed by atoms with Crippen molar-refractivity contribution in [3.8, 4) is 11.5 Å². The number of methoxy groups -OCH3 is 2. The average molecular weight is 495 g/mol. The van der Waals surface area contributed by atoms with Crippen LogP contribution in [0.4, 0.5) is 4.39 Å². The first-order chi connectivity index (χ1) is 17.5. The number of hydrogen-bond donors (Lipinski definition) is 1. The van der Waals surface area contributed by atoms with Gasteiger partial charge in [-0.2, -0.15) is 0 Å². The van der Waals surface area contributed by atoms with E-state index in [1.165, 1.54) is 37.5 Å². The van der Waals surface area contributed by atoms with Crippen molar-refractivity contribution in [1.29, 1.82) is 0 Å². The summed E-state index contributed by atoms with van der Waals surface area (Å²) >= 11 is 0. The quantitative estimate of drug-likeness (QED) is 0.438. The summed E-state index contributed by atoms with van der Waals surface area (Å²) in [6, 6.07) is 13.4. The van der Waals surface area contributed by atoms with Crippen LogP contribution in [0.1, 0.15) is 59.8 Å². The molecule has 1 heterocycles. The SMILES string of the molecule is COc1ccc([C@H](C(=O)NC2CCCCC2)N(Cc2ccccc2F)C(=O)c2ccco2)cc1OC. The van der Waals surface area contributed by atoms with E-state index in [2.05, 4.69) is 5.32 Å². The van der Waals surface area contributed by atoms with Crippen LogP contribution in [0.5, 0.6) is 11.5 Å². The van der Waals surface area contributed by atoms with Crippen molar-refractivity contribution in [2.45, 2.75) is 50.7 Å². The lowest BCUT2D eigenvalue weighted by molar-refractivity contribution is -0.127. The Morgan fingerprint density at radius 2 is 1.78 bits per heavy atom. The molecule has 3 aromatic rings. The molecule has 2 aromatic carbocycles. The minimum Gasteiger partial charge on any atom is -0.493 e. The highest BCUT2D eigenvalue weighted by Gasteiger charge is 2.35. The Morgan fingerprint density at radius 1 is 1.03 bits per heavy atom. The van der Waals surface area contributed by atoms with Gasteiger partial charge >= 0.3 is 0 Å². The van der Waals surface area contributed by atoms with Gasteiger partial charge in [-0.3, -0.25) is 9.59 Å². The average Bonchev–Trinajstić information content (AvgIpc) is 3.44. The highest BCUT2D eigenvalue weighted by atomic mass is 19.1. The van der Waals surface area contributed by atoms with Crippen LogP contribution in [0.25, 0.3) is 0 Å². The van der Waals surface area contributed by atoms with Gasteiger partial charge in [-0.05, 0) is 48.7 Å². The maximum atomic E-state index is 14.7. The fraction of sp³-hybridized carbons (Fsp3) is 0.357. The summed E-state index contributed by atoms with van der Waals surface area (Å²) in [6.45, 7) is -0.136. The van der Waals surface area contributed by atoms with Crippen molar-refractivity contribution in [3.63, 3.8) is 0 Å². The number of nitrogens with one attached hydrogen (secondary N) is 1. The van der Waals surface area contributed by atoms with E-state index in [9.17, 15) is 14.0 Å². The standard InChI is InChI=1S/C28H31FN2O5/c1-34-23-15-14-19(17-25(23)35-2)26(27(32)30-21-10-4-3-5-11-21)31(28(33)24-13-8-16-36-24)18-20-9-6-7-12-22(20)29/h6-9,12-17,21,26H,3-5,10-11,18H2,1-2H3,(H,30,32)/t26-/m1/s1. The molecule has 1 N–H and O–H groups in total. The summed E-state index contributed by atoms with van der Waals surface area (Å²) in [4.78, 5) is 28.9. The molecule has 0 unspecified atom stereocenters. The van der Waals surface area contributed by atoms with Crippen molar-refractivity contribution in [2.24, 2.45) is 0 Å².